The summed E-state index contributed by atoms with van der Waals surface area (Å²) in [6.07, 6.45) is 6.27. The maximum atomic E-state index is 13.0. The highest BCUT2D eigenvalue weighted by molar-refractivity contribution is 5.96. The summed E-state index contributed by atoms with van der Waals surface area (Å²) in [5.41, 5.74) is 1.42. The van der Waals surface area contributed by atoms with Gasteiger partial charge in [-0.15, -0.1) is 0 Å². The molecule has 5 heteroatoms. The predicted molar refractivity (Wildman–Crippen MR) is 114 cm³/mol. The van der Waals surface area contributed by atoms with Crippen molar-refractivity contribution in [3.63, 3.8) is 0 Å². The Hall–Kier alpha value is -2.17. The van der Waals surface area contributed by atoms with E-state index in [1.54, 1.807) is 45.9 Å². The summed E-state index contributed by atoms with van der Waals surface area (Å²) >= 11 is 0. The molecule has 0 N–H and O–H groups in total. The van der Waals surface area contributed by atoms with Gasteiger partial charge < -0.3 is 9.47 Å². The standard InChI is InChI=1S/C25H34O5/c1-8-14(3)22(27)29-13-25(7)18(30-23(28)15(4)9-2)10-11-24(6)19-16(5)12-17(26)20(24)21(19)25/h8-9,12,18-21H,10-11,13H2,1-7H3. The first-order chi connectivity index (χ1) is 14.0. The van der Waals surface area contributed by atoms with Crippen molar-refractivity contribution < 1.29 is 23.9 Å². The summed E-state index contributed by atoms with van der Waals surface area (Å²) in [4.78, 5) is 38.0. The van der Waals surface area contributed by atoms with Crippen molar-refractivity contribution in [2.75, 3.05) is 6.61 Å². The third-order valence-corrected chi connectivity index (χ3v) is 8.02. The zero-order chi connectivity index (χ0) is 22.4. The Labute approximate surface area is 179 Å². The normalized spacial score (nSPS) is 38.2. The quantitative estimate of drug-likeness (QED) is 0.487. The van der Waals surface area contributed by atoms with Crippen molar-refractivity contribution in [1.29, 1.82) is 0 Å². The third-order valence-electron chi connectivity index (χ3n) is 8.02. The summed E-state index contributed by atoms with van der Waals surface area (Å²) in [6.45, 7) is 13.4. The molecule has 0 aromatic heterocycles. The molecule has 0 aromatic rings. The largest absolute Gasteiger partial charge is 0.462 e. The van der Waals surface area contributed by atoms with Crippen molar-refractivity contribution >= 4 is 17.7 Å². The zero-order valence-electron chi connectivity index (χ0n) is 19.2. The molecule has 3 aliphatic rings. The zero-order valence-corrected chi connectivity index (χ0v) is 19.2. The monoisotopic (exact) mass is 414 g/mol. The Balaban J connectivity index is 1.99. The average Bonchev–Trinajstić information content (AvgIpc) is 2.85. The summed E-state index contributed by atoms with van der Waals surface area (Å²) in [5, 5.41) is 0. The molecular weight excluding hydrogens is 380 g/mol. The molecule has 0 aliphatic heterocycles. The van der Waals surface area contributed by atoms with Crippen LogP contribution in [-0.2, 0) is 23.9 Å². The van der Waals surface area contributed by atoms with Gasteiger partial charge in [-0.25, -0.2) is 9.59 Å². The van der Waals surface area contributed by atoms with E-state index in [9.17, 15) is 14.4 Å². The van der Waals surface area contributed by atoms with Gasteiger partial charge >= 0.3 is 11.9 Å². The lowest BCUT2D eigenvalue weighted by Gasteiger charge is -2.65. The number of rotatable bonds is 5. The van der Waals surface area contributed by atoms with Gasteiger partial charge in [0.1, 0.15) is 12.7 Å². The molecule has 0 aromatic carbocycles. The van der Waals surface area contributed by atoms with Crippen LogP contribution in [0.3, 0.4) is 0 Å². The minimum Gasteiger partial charge on any atom is -0.462 e. The van der Waals surface area contributed by atoms with Crippen molar-refractivity contribution in [1.82, 2.24) is 0 Å². The van der Waals surface area contributed by atoms with Gasteiger partial charge in [-0.05, 0) is 70.8 Å². The minimum absolute atomic E-state index is 0.00933. The molecule has 4 bridgehead atoms. The van der Waals surface area contributed by atoms with Crippen LogP contribution in [0, 0.1) is 28.6 Å². The van der Waals surface area contributed by atoms with Gasteiger partial charge in [0.05, 0.1) is 0 Å². The number of ether oxygens (including phenoxy) is 2. The van der Waals surface area contributed by atoms with Gasteiger partial charge in [0.2, 0.25) is 0 Å². The Morgan fingerprint density at radius 1 is 1.10 bits per heavy atom. The number of hydrogen-bond donors (Lipinski definition) is 0. The van der Waals surface area contributed by atoms with Gasteiger partial charge in [0.15, 0.2) is 5.78 Å². The second-order valence-electron chi connectivity index (χ2n) is 9.74. The van der Waals surface area contributed by atoms with Gasteiger partial charge in [-0.1, -0.05) is 31.6 Å². The van der Waals surface area contributed by atoms with Crippen molar-refractivity contribution in [3.8, 4) is 0 Å². The maximum Gasteiger partial charge on any atom is 0.333 e. The van der Waals surface area contributed by atoms with Crippen LogP contribution in [0.5, 0.6) is 0 Å². The molecule has 6 unspecified atom stereocenters. The smallest absolute Gasteiger partial charge is 0.333 e. The highest BCUT2D eigenvalue weighted by atomic mass is 16.6. The summed E-state index contributed by atoms with van der Waals surface area (Å²) in [7, 11) is 0. The number of allylic oxidation sites excluding steroid dienone is 4. The Bertz CT molecular complexity index is 863. The van der Waals surface area contributed by atoms with E-state index in [1.165, 1.54) is 0 Å². The first kappa shape index (κ1) is 22.5. The molecule has 0 saturated heterocycles. The lowest BCUT2D eigenvalue weighted by molar-refractivity contribution is -0.192. The molecule has 164 valence electrons. The molecule has 30 heavy (non-hydrogen) atoms. The second-order valence-corrected chi connectivity index (χ2v) is 9.74. The molecule has 0 amide bonds. The fraction of sp³-hybridized carbons (Fsp3) is 0.640. The van der Waals surface area contributed by atoms with Crippen molar-refractivity contribution in [2.24, 2.45) is 28.6 Å². The lowest BCUT2D eigenvalue weighted by Crippen LogP contribution is -2.66. The molecule has 0 radical (unpaired) electrons. The molecule has 5 nitrogen and oxygen atoms in total. The number of esters is 2. The van der Waals surface area contributed by atoms with E-state index in [4.69, 9.17) is 9.47 Å². The number of fused-ring (bicyclic) bond motifs is 1. The lowest BCUT2D eigenvalue weighted by atomic mass is 9.38. The molecule has 3 aliphatic carbocycles. The van der Waals surface area contributed by atoms with E-state index < -0.39 is 11.5 Å². The van der Waals surface area contributed by atoms with Crippen molar-refractivity contribution in [3.05, 3.63) is 34.9 Å². The minimum atomic E-state index is -0.635. The fourth-order valence-corrected chi connectivity index (χ4v) is 6.03. The topological polar surface area (TPSA) is 69.7 Å². The molecule has 6 atom stereocenters. The number of carbonyl (C=O) groups excluding carboxylic acids is 3. The van der Waals surface area contributed by atoms with E-state index in [1.807, 2.05) is 13.8 Å². The van der Waals surface area contributed by atoms with E-state index in [0.717, 1.165) is 12.0 Å². The van der Waals surface area contributed by atoms with Crippen LogP contribution in [0.25, 0.3) is 0 Å². The highest BCUT2D eigenvalue weighted by Gasteiger charge is 2.71. The number of carbonyl (C=O) groups is 3. The van der Waals surface area contributed by atoms with E-state index >= 15 is 0 Å². The van der Waals surface area contributed by atoms with Gasteiger partial charge in [-0.2, -0.15) is 0 Å². The van der Waals surface area contributed by atoms with E-state index in [2.05, 4.69) is 6.92 Å². The van der Waals surface area contributed by atoms with Crippen LogP contribution in [0.1, 0.15) is 61.3 Å². The highest BCUT2D eigenvalue weighted by Crippen LogP contribution is 2.71. The first-order valence-corrected chi connectivity index (χ1v) is 10.9. The van der Waals surface area contributed by atoms with E-state index in [0.29, 0.717) is 17.6 Å². The third kappa shape index (κ3) is 3.27. The Morgan fingerprint density at radius 2 is 1.70 bits per heavy atom. The second kappa shape index (κ2) is 7.82. The van der Waals surface area contributed by atoms with Crippen LogP contribution < -0.4 is 0 Å². The fourth-order valence-electron chi connectivity index (χ4n) is 6.03. The average molecular weight is 415 g/mol. The number of hydrogen-bond acceptors (Lipinski definition) is 5. The molecule has 0 spiro atoms. The molecular formula is C25H34O5. The predicted octanol–water partition coefficient (Wildman–Crippen LogP) is 4.57. The first-order valence-electron chi connectivity index (χ1n) is 10.9. The summed E-state index contributed by atoms with van der Waals surface area (Å²) in [5.74, 6) is -0.463. The molecule has 2 saturated carbocycles. The van der Waals surface area contributed by atoms with Crippen LogP contribution >= 0.6 is 0 Å². The maximum absolute atomic E-state index is 13.0. The molecule has 0 heterocycles. The van der Waals surface area contributed by atoms with E-state index in [-0.39, 0.29) is 47.5 Å². The Kier molecular flexibility index (Phi) is 5.87. The molecule has 3 rings (SSSR count). The Morgan fingerprint density at radius 3 is 2.27 bits per heavy atom. The summed E-state index contributed by atoms with van der Waals surface area (Å²) < 4.78 is 11.7. The van der Waals surface area contributed by atoms with Gasteiger partial charge in [0, 0.05) is 22.5 Å². The van der Waals surface area contributed by atoms with Crippen molar-refractivity contribution in [2.45, 2.75) is 67.4 Å². The van der Waals surface area contributed by atoms with Crippen LogP contribution in [0.15, 0.2) is 34.9 Å². The SMILES string of the molecule is CC=C(C)C(=O)OCC1(C)C(OC(=O)C(C)=CC)CCC2(C)C3C(=O)C=C(C)C2C31. The van der Waals surface area contributed by atoms with Crippen LogP contribution in [-0.4, -0.2) is 30.4 Å². The van der Waals surface area contributed by atoms with Gasteiger partial charge in [0.25, 0.3) is 0 Å². The number of ketones is 1. The van der Waals surface area contributed by atoms with Gasteiger partial charge in [-0.3, -0.25) is 4.79 Å². The van der Waals surface area contributed by atoms with Crippen LogP contribution in [0.4, 0.5) is 0 Å². The summed E-state index contributed by atoms with van der Waals surface area (Å²) in [6, 6.07) is 0. The molecule has 2 fully saturated rings. The van der Waals surface area contributed by atoms with Crippen LogP contribution in [0.2, 0.25) is 0 Å².